The SMILES string of the molecule is c1ccc2nn(-c3nccc(Nc4ccc(-c5cn[nH]c5)cc4)n3)cc2c1. The van der Waals surface area contributed by atoms with Crippen molar-refractivity contribution in [2.75, 3.05) is 5.32 Å². The van der Waals surface area contributed by atoms with E-state index >= 15 is 0 Å². The molecular weight excluding hydrogens is 338 g/mol. The quantitative estimate of drug-likeness (QED) is 0.511. The summed E-state index contributed by atoms with van der Waals surface area (Å²) in [5, 5.41) is 15.7. The average molecular weight is 353 g/mol. The van der Waals surface area contributed by atoms with Crippen molar-refractivity contribution in [2.24, 2.45) is 0 Å². The van der Waals surface area contributed by atoms with Gasteiger partial charge in [-0.1, -0.05) is 30.3 Å². The van der Waals surface area contributed by atoms with Crippen LogP contribution < -0.4 is 5.32 Å². The van der Waals surface area contributed by atoms with Gasteiger partial charge in [-0.3, -0.25) is 5.10 Å². The molecule has 0 saturated heterocycles. The zero-order valence-electron chi connectivity index (χ0n) is 14.2. The van der Waals surface area contributed by atoms with Gasteiger partial charge < -0.3 is 5.32 Å². The van der Waals surface area contributed by atoms with Gasteiger partial charge in [-0.05, 0) is 29.8 Å². The molecule has 5 rings (SSSR count). The van der Waals surface area contributed by atoms with Gasteiger partial charge in [-0.25, -0.2) is 9.67 Å². The van der Waals surface area contributed by atoms with Crippen LogP contribution in [0, 0.1) is 0 Å². The molecule has 0 radical (unpaired) electrons. The minimum atomic E-state index is 0.520. The van der Waals surface area contributed by atoms with Crippen LogP contribution in [0.2, 0.25) is 0 Å². The highest BCUT2D eigenvalue weighted by Crippen LogP contribution is 2.22. The molecule has 2 N–H and O–H groups in total. The van der Waals surface area contributed by atoms with Crippen LogP contribution in [0.15, 0.2) is 79.4 Å². The standard InChI is InChI=1S/C20H15N7/c1-2-4-18-15(3-1)13-27(26-18)20-21-10-9-19(25-20)24-17-7-5-14(6-8-17)16-11-22-23-12-16/h1-13H,(H,22,23)(H,21,24,25). The number of anilines is 2. The summed E-state index contributed by atoms with van der Waals surface area (Å²) < 4.78 is 1.69. The summed E-state index contributed by atoms with van der Waals surface area (Å²) >= 11 is 0. The number of nitrogens with zero attached hydrogens (tertiary/aromatic N) is 5. The largest absolute Gasteiger partial charge is 0.340 e. The molecule has 0 fully saturated rings. The Morgan fingerprint density at radius 3 is 2.63 bits per heavy atom. The highest BCUT2D eigenvalue weighted by molar-refractivity contribution is 5.78. The lowest BCUT2D eigenvalue weighted by Gasteiger charge is -2.07. The molecular formula is C20H15N7. The molecule has 0 aliphatic carbocycles. The minimum absolute atomic E-state index is 0.520. The molecule has 7 heteroatoms. The van der Waals surface area contributed by atoms with E-state index in [0.717, 1.165) is 27.7 Å². The maximum atomic E-state index is 4.57. The second-order valence-electron chi connectivity index (χ2n) is 6.06. The van der Waals surface area contributed by atoms with Gasteiger partial charge in [-0.2, -0.15) is 15.2 Å². The van der Waals surface area contributed by atoms with Crippen molar-refractivity contribution in [2.45, 2.75) is 0 Å². The summed E-state index contributed by atoms with van der Waals surface area (Å²) in [5.74, 6) is 1.22. The molecule has 0 aliphatic rings. The minimum Gasteiger partial charge on any atom is -0.340 e. The normalized spacial score (nSPS) is 11.0. The zero-order chi connectivity index (χ0) is 18.1. The van der Waals surface area contributed by atoms with Crippen molar-refractivity contribution in [1.82, 2.24) is 29.9 Å². The van der Waals surface area contributed by atoms with E-state index in [9.17, 15) is 0 Å². The first-order valence-electron chi connectivity index (χ1n) is 8.49. The Bertz CT molecular complexity index is 1160. The Balaban J connectivity index is 1.40. The molecule has 3 heterocycles. The van der Waals surface area contributed by atoms with Gasteiger partial charge in [0.2, 0.25) is 0 Å². The maximum Gasteiger partial charge on any atom is 0.252 e. The molecule has 0 atom stereocenters. The molecule has 27 heavy (non-hydrogen) atoms. The summed E-state index contributed by atoms with van der Waals surface area (Å²) in [6.45, 7) is 0. The first kappa shape index (κ1) is 15.3. The second kappa shape index (κ2) is 6.38. The summed E-state index contributed by atoms with van der Waals surface area (Å²) in [6.07, 6.45) is 7.31. The smallest absolute Gasteiger partial charge is 0.252 e. The number of fused-ring (bicyclic) bond motifs is 1. The van der Waals surface area contributed by atoms with Gasteiger partial charge in [0.25, 0.3) is 5.95 Å². The van der Waals surface area contributed by atoms with Gasteiger partial charge in [0.05, 0.1) is 11.7 Å². The fourth-order valence-electron chi connectivity index (χ4n) is 2.90. The average Bonchev–Trinajstić information content (AvgIpc) is 3.39. The zero-order valence-corrected chi connectivity index (χ0v) is 14.2. The number of rotatable bonds is 4. The second-order valence-corrected chi connectivity index (χ2v) is 6.06. The Kier molecular flexibility index (Phi) is 3.61. The first-order chi connectivity index (χ1) is 13.3. The van der Waals surface area contributed by atoms with Crippen LogP contribution in [-0.4, -0.2) is 29.9 Å². The number of nitrogens with one attached hydrogen (secondary N) is 2. The number of hydrogen-bond acceptors (Lipinski definition) is 5. The van der Waals surface area contributed by atoms with Crippen molar-refractivity contribution in [3.63, 3.8) is 0 Å². The molecule has 2 aromatic carbocycles. The van der Waals surface area contributed by atoms with Crippen molar-refractivity contribution in [3.05, 3.63) is 79.4 Å². The van der Waals surface area contributed by atoms with E-state index in [1.807, 2.05) is 67.0 Å². The molecule has 0 unspecified atom stereocenters. The lowest BCUT2D eigenvalue weighted by Crippen LogP contribution is -2.03. The van der Waals surface area contributed by atoms with Crippen LogP contribution in [0.25, 0.3) is 28.0 Å². The third-order valence-corrected chi connectivity index (χ3v) is 4.25. The first-order valence-corrected chi connectivity index (χ1v) is 8.49. The highest BCUT2D eigenvalue weighted by atomic mass is 15.3. The fourth-order valence-corrected chi connectivity index (χ4v) is 2.90. The van der Waals surface area contributed by atoms with E-state index in [1.54, 1.807) is 17.1 Å². The highest BCUT2D eigenvalue weighted by Gasteiger charge is 2.06. The predicted octanol–water partition coefficient (Wildman–Crippen LogP) is 3.95. The molecule has 0 amide bonds. The third-order valence-electron chi connectivity index (χ3n) is 4.25. The molecule has 3 aromatic heterocycles. The number of H-pyrrole nitrogens is 1. The number of aromatic nitrogens is 6. The van der Waals surface area contributed by atoms with E-state index in [0.29, 0.717) is 11.8 Å². The molecule has 5 aromatic rings. The fraction of sp³-hybridized carbons (Fsp3) is 0. The molecule has 130 valence electrons. The molecule has 0 spiro atoms. The van der Waals surface area contributed by atoms with Gasteiger partial charge in [0, 0.05) is 35.2 Å². The molecule has 0 bridgehead atoms. The van der Waals surface area contributed by atoms with Crippen LogP contribution in [0.3, 0.4) is 0 Å². The topological polar surface area (TPSA) is 84.3 Å². The van der Waals surface area contributed by atoms with E-state index in [-0.39, 0.29) is 0 Å². The third kappa shape index (κ3) is 3.02. The van der Waals surface area contributed by atoms with Crippen molar-refractivity contribution < 1.29 is 0 Å². The number of hydrogen-bond donors (Lipinski definition) is 2. The lowest BCUT2D eigenvalue weighted by atomic mass is 10.1. The number of benzene rings is 2. The van der Waals surface area contributed by atoms with E-state index in [1.165, 1.54) is 0 Å². The molecule has 0 aliphatic heterocycles. The van der Waals surface area contributed by atoms with Crippen molar-refractivity contribution in [1.29, 1.82) is 0 Å². The summed E-state index contributed by atoms with van der Waals surface area (Å²) in [5.41, 5.74) is 4.00. The monoisotopic (exact) mass is 353 g/mol. The maximum absolute atomic E-state index is 4.57. The van der Waals surface area contributed by atoms with Crippen molar-refractivity contribution >= 4 is 22.4 Å². The van der Waals surface area contributed by atoms with Crippen LogP contribution in [0.5, 0.6) is 0 Å². The van der Waals surface area contributed by atoms with E-state index < -0.39 is 0 Å². The van der Waals surface area contributed by atoms with Crippen LogP contribution in [0.1, 0.15) is 0 Å². The van der Waals surface area contributed by atoms with E-state index in [2.05, 4.69) is 30.6 Å². The lowest BCUT2D eigenvalue weighted by molar-refractivity contribution is 0.821. The Morgan fingerprint density at radius 2 is 1.81 bits per heavy atom. The predicted molar refractivity (Wildman–Crippen MR) is 104 cm³/mol. The van der Waals surface area contributed by atoms with Gasteiger partial charge in [0.1, 0.15) is 5.82 Å². The van der Waals surface area contributed by atoms with Crippen LogP contribution >= 0.6 is 0 Å². The Morgan fingerprint density at radius 1 is 0.926 bits per heavy atom. The summed E-state index contributed by atoms with van der Waals surface area (Å²) in [6, 6.07) is 17.9. The van der Waals surface area contributed by atoms with Gasteiger partial charge >= 0.3 is 0 Å². The number of aromatic amines is 1. The Hall–Kier alpha value is -4.00. The molecule has 7 nitrogen and oxygen atoms in total. The van der Waals surface area contributed by atoms with Crippen LogP contribution in [-0.2, 0) is 0 Å². The van der Waals surface area contributed by atoms with E-state index in [4.69, 9.17) is 0 Å². The van der Waals surface area contributed by atoms with Gasteiger partial charge in [0.15, 0.2) is 0 Å². The van der Waals surface area contributed by atoms with Crippen LogP contribution in [0.4, 0.5) is 11.5 Å². The Labute approximate surface area is 154 Å². The summed E-state index contributed by atoms with van der Waals surface area (Å²) in [4.78, 5) is 8.90. The van der Waals surface area contributed by atoms with Gasteiger partial charge in [-0.15, -0.1) is 0 Å². The molecule has 0 saturated carbocycles. The summed E-state index contributed by atoms with van der Waals surface area (Å²) in [7, 11) is 0. The van der Waals surface area contributed by atoms with Crippen molar-refractivity contribution in [3.8, 4) is 17.1 Å².